The molecule has 0 amide bonds. The summed E-state index contributed by atoms with van der Waals surface area (Å²) in [6, 6.07) is 9.57. The Morgan fingerprint density at radius 1 is 1.14 bits per heavy atom. The Morgan fingerprint density at radius 2 is 1.77 bits per heavy atom. The lowest BCUT2D eigenvalue weighted by molar-refractivity contribution is -0.108. The molecule has 0 aliphatic rings. The van der Waals surface area contributed by atoms with Gasteiger partial charge in [-0.2, -0.15) is 0 Å². The van der Waals surface area contributed by atoms with Crippen molar-refractivity contribution in [3.8, 4) is 11.1 Å². The normalized spacial score (nSPS) is 12.2. The largest absolute Gasteiger partial charge is 0.313 e. The molecule has 2 rings (SSSR count). The number of rotatable bonds is 5. The quantitative estimate of drug-likeness (QED) is 0.835. The third kappa shape index (κ3) is 3.09. The highest BCUT2D eigenvalue weighted by Gasteiger charge is 2.18. The van der Waals surface area contributed by atoms with Gasteiger partial charge in [-0.15, -0.1) is 0 Å². The molecule has 0 heterocycles. The molecule has 0 radical (unpaired) electrons. The van der Waals surface area contributed by atoms with E-state index in [0.29, 0.717) is 11.1 Å². The molecule has 2 nitrogen and oxygen atoms in total. The average Bonchev–Trinajstić information content (AvgIpc) is 2.48. The number of aldehydes is 1. The van der Waals surface area contributed by atoms with E-state index in [1.807, 2.05) is 18.2 Å². The minimum atomic E-state index is -0.305. The Hall–Kier alpha value is -2.00. The van der Waals surface area contributed by atoms with E-state index in [2.05, 4.69) is 31.3 Å². The number of carbonyl (C=O) groups excluding carboxylic acids is 1. The van der Waals surface area contributed by atoms with Crippen LogP contribution in [0, 0.1) is 26.6 Å². The summed E-state index contributed by atoms with van der Waals surface area (Å²) in [6.45, 7) is 5.88. The number of nitrogens with one attached hydrogen (secondary N) is 1. The molecule has 1 N–H and O–H groups in total. The summed E-state index contributed by atoms with van der Waals surface area (Å²) < 4.78 is 14.5. The number of hydrogen-bond donors (Lipinski definition) is 1. The van der Waals surface area contributed by atoms with E-state index >= 15 is 0 Å². The molecular formula is C19H22FNO. The van der Waals surface area contributed by atoms with E-state index in [1.54, 1.807) is 14.0 Å². The number of aryl methyl sites for hydroxylation is 3. The Labute approximate surface area is 131 Å². The van der Waals surface area contributed by atoms with Crippen molar-refractivity contribution < 1.29 is 9.18 Å². The predicted molar refractivity (Wildman–Crippen MR) is 88.5 cm³/mol. The first-order valence-corrected chi connectivity index (χ1v) is 7.47. The van der Waals surface area contributed by atoms with Gasteiger partial charge < -0.3 is 10.1 Å². The fraction of sp³-hybridized carbons (Fsp3) is 0.316. The Morgan fingerprint density at radius 3 is 2.32 bits per heavy atom. The maximum Gasteiger partial charge on any atom is 0.130 e. The molecule has 2 aromatic carbocycles. The maximum absolute atomic E-state index is 14.5. The maximum atomic E-state index is 14.5. The lowest BCUT2D eigenvalue weighted by Crippen LogP contribution is -2.18. The topological polar surface area (TPSA) is 29.1 Å². The van der Waals surface area contributed by atoms with E-state index < -0.39 is 0 Å². The second-order valence-corrected chi connectivity index (χ2v) is 5.71. The second kappa shape index (κ2) is 6.84. The van der Waals surface area contributed by atoms with Crippen molar-refractivity contribution in [3.63, 3.8) is 0 Å². The van der Waals surface area contributed by atoms with Crippen LogP contribution in [0.1, 0.15) is 34.7 Å². The van der Waals surface area contributed by atoms with Crippen molar-refractivity contribution in [2.45, 2.75) is 33.2 Å². The van der Waals surface area contributed by atoms with Crippen LogP contribution in [0.3, 0.4) is 0 Å². The van der Waals surface area contributed by atoms with Gasteiger partial charge in [0.25, 0.3) is 0 Å². The van der Waals surface area contributed by atoms with Crippen LogP contribution in [0.15, 0.2) is 30.3 Å². The molecule has 0 aromatic heterocycles. The summed E-state index contributed by atoms with van der Waals surface area (Å²) in [5, 5.41) is 3.02. The van der Waals surface area contributed by atoms with Crippen LogP contribution >= 0.6 is 0 Å². The lowest BCUT2D eigenvalue weighted by atomic mass is 9.91. The fourth-order valence-electron chi connectivity index (χ4n) is 2.96. The van der Waals surface area contributed by atoms with E-state index in [9.17, 15) is 9.18 Å². The molecule has 0 aliphatic carbocycles. The van der Waals surface area contributed by atoms with Crippen molar-refractivity contribution >= 4 is 6.29 Å². The highest BCUT2D eigenvalue weighted by Crippen LogP contribution is 2.32. The smallest absolute Gasteiger partial charge is 0.130 e. The van der Waals surface area contributed by atoms with Crippen molar-refractivity contribution in [2.24, 2.45) is 0 Å². The third-order valence-corrected chi connectivity index (χ3v) is 4.11. The van der Waals surface area contributed by atoms with Crippen molar-refractivity contribution in [1.29, 1.82) is 0 Å². The standard InChI is InChI=1S/C19H22FNO/c1-12-6-5-7-13(2)18(12)15-10-14(3)19(20)16(11-15)17(21-4)8-9-22/h5-7,9-11,17,21H,8H2,1-4H3. The van der Waals surface area contributed by atoms with Gasteiger partial charge in [0.15, 0.2) is 0 Å². The van der Waals surface area contributed by atoms with Crippen LogP contribution in [0.4, 0.5) is 4.39 Å². The minimum Gasteiger partial charge on any atom is -0.313 e. The van der Waals surface area contributed by atoms with Gasteiger partial charge in [-0.25, -0.2) is 4.39 Å². The Balaban J connectivity index is 2.64. The van der Waals surface area contributed by atoms with Crippen LogP contribution in [-0.2, 0) is 4.79 Å². The van der Waals surface area contributed by atoms with Gasteiger partial charge >= 0.3 is 0 Å². The van der Waals surface area contributed by atoms with Gasteiger partial charge in [0.2, 0.25) is 0 Å². The molecule has 22 heavy (non-hydrogen) atoms. The molecule has 3 heteroatoms. The first-order chi connectivity index (χ1) is 10.5. The van der Waals surface area contributed by atoms with E-state index in [4.69, 9.17) is 0 Å². The molecule has 116 valence electrons. The van der Waals surface area contributed by atoms with E-state index in [0.717, 1.165) is 28.5 Å². The summed E-state index contributed by atoms with van der Waals surface area (Å²) in [4.78, 5) is 10.8. The third-order valence-electron chi connectivity index (χ3n) is 4.11. The molecule has 0 aliphatic heterocycles. The fourth-order valence-corrected chi connectivity index (χ4v) is 2.96. The van der Waals surface area contributed by atoms with Gasteiger partial charge in [-0.05, 0) is 67.8 Å². The predicted octanol–water partition coefficient (Wildman–Crippen LogP) is 4.27. The Kier molecular flexibility index (Phi) is 5.09. The molecule has 0 saturated heterocycles. The van der Waals surface area contributed by atoms with E-state index in [1.165, 1.54) is 0 Å². The van der Waals surface area contributed by atoms with Crippen LogP contribution in [0.25, 0.3) is 11.1 Å². The summed E-state index contributed by atoms with van der Waals surface area (Å²) in [7, 11) is 1.74. The number of benzene rings is 2. The highest BCUT2D eigenvalue weighted by atomic mass is 19.1. The van der Waals surface area contributed by atoms with E-state index in [-0.39, 0.29) is 18.3 Å². The molecular weight excluding hydrogens is 277 g/mol. The minimum absolute atomic E-state index is 0.240. The molecule has 1 atom stereocenters. The highest BCUT2D eigenvalue weighted by molar-refractivity contribution is 5.72. The summed E-state index contributed by atoms with van der Waals surface area (Å²) in [5.41, 5.74) is 5.60. The van der Waals surface area contributed by atoms with Crippen LogP contribution in [0.2, 0.25) is 0 Å². The molecule has 2 aromatic rings. The second-order valence-electron chi connectivity index (χ2n) is 5.71. The molecule has 0 spiro atoms. The van der Waals surface area contributed by atoms with Crippen molar-refractivity contribution in [3.05, 3.63) is 58.4 Å². The zero-order valence-corrected chi connectivity index (χ0v) is 13.5. The van der Waals surface area contributed by atoms with Gasteiger partial charge in [-0.3, -0.25) is 0 Å². The van der Waals surface area contributed by atoms with Gasteiger partial charge in [0, 0.05) is 18.0 Å². The van der Waals surface area contributed by atoms with Gasteiger partial charge in [0.1, 0.15) is 12.1 Å². The molecule has 1 unspecified atom stereocenters. The van der Waals surface area contributed by atoms with Gasteiger partial charge in [0.05, 0.1) is 0 Å². The summed E-state index contributed by atoms with van der Waals surface area (Å²) in [5.74, 6) is -0.240. The molecule has 0 saturated carbocycles. The van der Waals surface area contributed by atoms with Crippen molar-refractivity contribution in [2.75, 3.05) is 7.05 Å². The summed E-state index contributed by atoms with van der Waals surface area (Å²) >= 11 is 0. The number of hydrogen-bond acceptors (Lipinski definition) is 2. The monoisotopic (exact) mass is 299 g/mol. The first-order valence-electron chi connectivity index (χ1n) is 7.47. The number of halogens is 1. The Bertz CT molecular complexity index is 674. The molecule has 0 fully saturated rings. The average molecular weight is 299 g/mol. The van der Waals surface area contributed by atoms with Gasteiger partial charge in [-0.1, -0.05) is 18.2 Å². The SMILES string of the molecule is CNC(CC=O)c1cc(-c2c(C)cccc2C)cc(C)c1F. The summed E-state index contributed by atoms with van der Waals surface area (Å²) in [6.07, 6.45) is 1.07. The lowest BCUT2D eigenvalue weighted by Gasteiger charge is -2.19. The number of carbonyl (C=O) groups is 1. The van der Waals surface area contributed by atoms with Crippen LogP contribution < -0.4 is 5.32 Å². The zero-order chi connectivity index (χ0) is 16.3. The van der Waals surface area contributed by atoms with Crippen LogP contribution in [-0.4, -0.2) is 13.3 Å². The van der Waals surface area contributed by atoms with Crippen LogP contribution in [0.5, 0.6) is 0 Å². The zero-order valence-electron chi connectivity index (χ0n) is 13.5. The van der Waals surface area contributed by atoms with Crippen molar-refractivity contribution in [1.82, 2.24) is 5.32 Å². The first kappa shape index (κ1) is 16.4. The molecule has 0 bridgehead atoms.